The second-order valence-corrected chi connectivity index (χ2v) is 7.75. The van der Waals surface area contributed by atoms with Gasteiger partial charge in [0.1, 0.15) is 0 Å². The fraction of sp³-hybridized carbons (Fsp3) is 0.556. The summed E-state index contributed by atoms with van der Waals surface area (Å²) < 4.78 is 0. The van der Waals surface area contributed by atoms with Crippen molar-refractivity contribution in [2.75, 3.05) is 0 Å². The fourth-order valence-electron chi connectivity index (χ4n) is 3.47. The van der Waals surface area contributed by atoms with Crippen molar-refractivity contribution >= 4 is 5.71 Å². The van der Waals surface area contributed by atoms with Crippen LogP contribution in [0.5, 0.6) is 0 Å². The van der Waals surface area contributed by atoms with Crippen LogP contribution >= 0.6 is 0 Å². The number of allylic oxidation sites excluding steroid dienone is 1. The molecule has 0 radical (unpaired) electrons. The van der Waals surface area contributed by atoms with Crippen LogP contribution in [0.1, 0.15) is 53.7 Å². The predicted molar refractivity (Wildman–Crippen MR) is 85.9 cm³/mol. The minimum Gasteiger partial charge on any atom is -0.259 e. The summed E-state index contributed by atoms with van der Waals surface area (Å²) >= 11 is 0. The van der Waals surface area contributed by atoms with Crippen LogP contribution in [0.15, 0.2) is 41.7 Å². The number of aliphatic imine (C=N–C) groups is 1. The molecule has 0 fully saturated rings. The fourth-order valence-corrected chi connectivity index (χ4v) is 3.47. The Morgan fingerprint density at radius 3 is 2.15 bits per heavy atom. The van der Waals surface area contributed by atoms with E-state index in [4.69, 9.17) is 0 Å². The zero-order valence-electron chi connectivity index (χ0n) is 13.6. The largest absolute Gasteiger partial charge is 0.259 e. The first-order valence-electron chi connectivity index (χ1n) is 7.33. The van der Waals surface area contributed by atoms with E-state index in [1.807, 2.05) is 30.6 Å². The van der Waals surface area contributed by atoms with Gasteiger partial charge < -0.3 is 0 Å². The molecule has 0 bridgehead atoms. The van der Waals surface area contributed by atoms with Crippen molar-refractivity contribution in [3.8, 4) is 0 Å². The highest BCUT2D eigenvalue weighted by atomic mass is 14.8. The molecule has 0 aliphatic carbocycles. The molecule has 1 aliphatic heterocycles. The molecule has 20 heavy (non-hydrogen) atoms. The summed E-state index contributed by atoms with van der Waals surface area (Å²) in [6.07, 6.45) is 7.06. The van der Waals surface area contributed by atoms with Gasteiger partial charge in [-0.25, -0.2) is 0 Å². The summed E-state index contributed by atoms with van der Waals surface area (Å²) in [6.45, 7) is 13.9. The third-order valence-corrected chi connectivity index (χ3v) is 4.67. The molecule has 0 unspecified atom stereocenters. The Bertz CT molecular complexity index is 511. The Morgan fingerprint density at radius 2 is 1.65 bits per heavy atom. The van der Waals surface area contributed by atoms with Gasteiger partial charge in [-0.2, -0.15) is 0 Å². The van der Waals surface area contributed by atoms with Gasteiger partial charge in [0.05, 0.1) is 11.4 Å². The standard InChI is InChI=1S/C18H26N2/c1-16(2,3)18(17(4,5)6)10-12-20-15(13-18)14-9-7-8-11-19-14/h7-12H,13H2,1-6H3. The van der Waals surface area contributed by atoms with Gasteiger partial charge in [-0.1, -0.05) is 53.7 Å². The Morgan fingerprint density at radius 1 is 1.00 bits per heavy atom. The number of hydrogen-bond donors (Lipinski definition) is 0. The molecule has 0 saturated carbocycles. The molecule has 0 spiro atoms. The molecule has 0 atom stereocenters. The first kappa shape index (κ1) is 15.0. The number of pyridine rings is 1. The molecular formula is C18H26N2. The van der Waals surface area contributed by atoms with Crippen LogP contribution in [-0.2, 0) is 0 Å². The Kier molecular flexibility index (Phi) is 3.62. The summed E-state index contributed by atoms with van der Waals surface area (Å²) in [5, 5.41) is 0. The van der Waals surface area contributed by atoms with Gasteiger partial charge in [-0.05, 0) is 23.0 Å². The van der Waals surface area contributed by atoms with Crippen LogP contribution in [0.25, 0.3) is 0 Å². The van der Waals surface area contributed by atoms with Crippen LogP contribution < -0.4 is 0 Å². The second kappa shape index (κ2) is 4.83. The average Bonchev–Trinajstić information content (AvgIpc) is 2.37. The van der Waals surface area contributed by atoms with E-state index in [2.05, 4.69) is 57.6 Å². The maximum atomic E-state index is 4.60. The van der Waals surface area contributed by atoms with Gasteiger partial charge >= 0.3 is 0 Å². The van der Waals surface area contributed by atoms with Crippen molar-refractivity contribution in [1.82, 2.24) is 4.98 Å². The lowest BCUT2D eigenvalue weighted by Crippen LogP contribution is -2.47. The maximum Gasteiger partial charge on any atom is 0.0844 e. The molecule has 2 heteroatoms. The molecule has 108 valence electrons. The van der Waals surface area contributed by atoms with Gasteiger partial charge in [-0.3, -0.25) is 9.98 Å². The van der Waals surface area contributed by atoms with Gasteiger partial charge in [0.25, 0.3) is 0 Å². The van der Waals surface area contributed by atoms with Crippen molar-refractivity contribution in [1.29, 1.82) is 0 Å². The minimum atomic E-state index is 0.0780. The molecule has 0 amide bonds. The molecule has 0 saturated heterocycles. The SMILES string of the molecule is CC(C)(C)C1(C(C)(C)C)C=CN=C(c2ccccn2)C1. The van der Waals surface area contributed by atoms with E-state index in [9.17, 15) is 0 Å². The average molecular weight is 270 g/mol. The smallest absolute Gasteiger partial charge is 0.0844 e. The van der Waals surface area contributed by atoms with E-state index >= 15 is 0 Å². The van der Waals surface area contributed by atoms with Gasteiger partial charge in [-0.15, -0.1) is 0 Å². The molecular weight excluding hydrogens is 244 g/mol. The predicted octanol–water partition coefficient (Wildman–Crippen LogP) is 4.87. The van der Waals surface area contributed by atoms with Crippen molar-refractivity contribution in [3.05, 3.63) is 42.4 Å². The minimum absolute atomic E-state index is 0.0780. The van der Waals surface area contributed by atoms with Crippen LogP contribution in [0, 0.1) is 16.2 Å². The van der Waals surface area contributed by atoms with Crippen LogP contribution in [0.2, 0.25) is 0 Å². The number of rotatable bonds is 1. The van der Waals surface area contributed by atoms with E-state index in [1.54, 1.807) is 0 Å². The van der Waals surface area contributed by atoms with Crippen LogP contribution in [0.4, 0.5) is 0 Å². The summed E-state index contributed by atoms with van der Waals surface area (Å²) in [6, 6.07) is 6.02. The molecule has 0 N–H and O–H groups in total. The lowest BCUT2D eigenvalue weighted by Gasteiger charge is -2.53. The van der Waals surface area contributed by atoms with Crippen LogP contribution in [-0.4, -0.2) is 10.7 Å². The van der Waals surface area contributed by atoms with Gasteiger partial charge in [0.15, 0.2) is 0 Å². The number of hydrogen-bond acceptors (Lipinski definition) is 2. The molecule has 1 aromatic heterocycles. The topological polar surface area (TPSA) is 25.2 Å². The molecule has 2 rings (SSSR count). The summed E-state index contributed by atoms with van der Waals surface area (Å²) in [5.41, 5.74) is 2.50. The quantitative estimate of drug-likeness (QED) is 0.715. The lowest BCUT2D eigenvalue weighted by atomic mass is 9.51. The van der Waals surface area contributed by atoms with E-state index in [-0.39, 0.29) is 16.2 Å². The Hall–Kier alpha value is -1.44. The van der Waals surface area contributed by atoms with Crippen molar-refractivity contribution < 1.29 is 0 Å². The first-order valence-corrected chi connectivity index (χ1v) is 7.33. The highest BCUT2D eigenvalue weighted by Crippen LogP contribution is 2.56. The lowest BCUT2D eigenvalue weighted by molar-refractivity contribution is 0.0232. The molecule has 0 aromatic carbocycles. The first-order chi connectivity index (χ1) is 9.17. The third-order valence-electron chi connectivity index (χ3n) is 4.67. The Balaban J connectivity index is 2.46. The van der Waals surface area contributed by atoms with Gasteiger partial charge in [0, 0.05) is 24.2 Å². The van der Waals surface area contributed by atoms with Gasteiger partial charge in [0.2, 0.25) is 0 Å². The van der Waals surface area contributed by atoms with Crippen molar-refractivity contribution in [2.45, 2.75) is 48.0 Å². The Labute approximate surface area is 123 Å². The molecule has 2 heterocycles. The normalized spacial score (nSPS) is 18.8. The number of aromatic nitrogens is 1. The van der Waals surface area contributed by atoms with Crippen LogP contribution in [0.3, 0.4) is 0 Å². The molecule has 2 nitrogen and oxygen atoms in total. The van der Waals surface area contributed by atoms with E-state index < -0.39 is 0 Å². The van der Waals surface area contributed by atoms with E-state index in [0.717, 1.165) is 17.8 Å². The zero-order chi connectivity index (χ0) is 15.0. The summed E-state index contributed by atoms with van der Waals surface area (Å²) in [5.74, 6) is 0. The zero-order valence-corrected chi connectivity index (χ0v) is 13.6. The number of nitrogens with zero attached hydrogens (tertiary/aromatic N) is 2. The van der Waals surface area contributed by atoms with Crippen molar-refractivity contribution in [3.63, 3.8) is 0 Å². The summed E-state index contributed by atoms with van der Waals surface area (Å²) in [7, 11) is 0. The third kappa shape index (κ3) is 2.44. The summed E-state index contributed by atoms with van der Waals surface area (Å²) in [4.78, 5) is 9.06. The maximum absolute atomic E-state index is 4.60. The molecule has 1 aliphatic rings. The van der Waals surface area contributed by atoms with E-state index in [1.165, 1.54) is 0 Å². The molecule has 1 aromatic rings. The monoisotopic (exact) mass is 270 g/mol. The highest BCUT2D eigenvalue weighted by molar-refractivity contribution is 6.00. The van der Waals surface area contributed by atoms with Crippen molar-refractivity contribution in [2.24, 2.45) is 21.2 Å². The highest BCUT2D eigenvalue weighted by Gasteiger charge is 2.50. The second-order valence-electron chi connectivity index (χ2n) is 7.75. The van der Waals surface area contributed by atoms with E-state index in [0.29, 0.717) is 0 Å².